The van der Waals surface area contributed by atoms with E-state index in [4.69, 9.17) is 4.74 Å². The second kappa shape index (κ2) is 10.9. The summed E-state index contributed by atoms with van der Waals surface area (Å²) in [4.78, 5) is 4.50. The minimum absolute atomic E-state index is 0.00369. The molecule has 130 valence electrons. The molecule has 0 saturated heterocycles. The third kappa shape index (κ3) is 7.41. The van der Waals surface area contributed by atoms with Gasteiger partial charge in [0.2, 0.25) is 0 Å². The van der Waals surface area contributed by atoms with Crippen LogP contribution in [0.25, 0.3) is 0 Å². The maximum atomic E-state index is 13.3. The summed E-state index contributed by atoms with van der Waals surface area (Å²) in [5.41, 5.74) is 0.736. The van der Waals surface area contributed by atoms with Crippen LogP contribution < -0.4 is 10.6 Å². The van der Waals surface area contributed by atoms with Gasteiger partial charge in [-0.2, -0.15) is 0 Å². The van der Waals surface area contributed by atoms with Crippen molar-refractivity contribution >= 4 is 5.96 Å². The summed E-state index contributed by atoms with van der Waals surface area (Å²) in [6, 6.07) is 3.99. The van der Waals surface area contributed by atoms with E-state index < -0.39 is 11.6 Å². The van der Waals surface area contributed by atoms with Gasteiger partial charge in [-0.3, -0.25) is 4.99 Å². The van der Waals surface area contributed by atoms with Crippen molar-refractivity contribution in [1.29, 1.82) is 0 Å². The predicted octanol–water partition coefficient (Wildman–Crippen LogP) is 3.05. The molecule has 1 atom stereocenters. The van der Waals surface area contributed by atoms with Gasteiger partial charge >= 0.3 is 0 Å². The quantitative estimate of drug-likeness (QED) is 0.416. The lowest BCUT2D eigenvalue weighted by atomic mass is 10.0. The fourth-order valence-electron chi connectivity index (χ4n) is 2.02. The lowest BCUT2D eigenvalue weighted by Gasteiger charge is -2.14. The van der Waals surface area contributed by atoms with Gasteiger partial charge in [0.15, 0.2) is 17.6 Å². The van der Waals surface area contributed by atoms with Crippen molar-refractivity contribution in [2.75, 3.05) is 32.8 Å². The maximum absolute atomic E-state index is 13.3. The van der Waals surface area contributed by atoms with Crippen LogP contribution in [0.3, 0.4) is 0 Å². The fraction of sp³-hybridized carbons (Fsp3) is 0.588. The Morgan fingerprint density at radius 3 is 2.65 bits per heavy atom. The molecule has 0 heterocycles. The molecule has 0 bridgehead atoms. The number of nitrogens with zero attached hydrogens (tertiary/aromatic N) is 1. The highest BCUT2D eigenvalue weighted by molar-refractivity contribution is 5.79. The van der Waals surface area contributed by atoms with E-state index in [9.17, 15) is 8.78 Å². The first kappa shape index (κ1) is 19.4. The topological polar surface area (TPSA) is 45.7 Å². The lowest BCUT2D eigenvalue weighted by molar-refractivity contribution is 0.145. The van der Waals surface area contributed by atoms with Crippen molar-refractivity contribution in [3.8, 4) is 0 Å². The van der Waals surface area contributed by atoms with Crippen LogP contribution >= 0.6 is 0 Å². The number of hydrogen-bond acceptors (Lipinski definition) is 2. The molecule has 1 rings (SSSR count). The highest BCUT2D eigenvalue weighted by Crippen LogP contribution is 2.18. The molecule has 0 aromatic heterocycles. The fourth-order valence-corrected chi connectivity index (χ4v) is 2.02. The number of aliphatic imine (C=N–C) groups is 1. The average Bonchev–Trinajstić information content (AvgIpc) is 2.54. The number of hydrogen-bond donors (Lipinski definition) is 2. The van der Waals surface area contributed by atoms with Crippen molar-refractivity contribution < 1.29 is 13.5 Å². The van der Waals surface area contributed by atoms with Gasteiger partial charge in [-0.1, -0.05) is 13.0 Å². The van der Waals surface area contributed by atoms with Crippen LogP contribution in [0.1, 0.15) is 38.7 Å². The first-order valence-electron chi connectivity index (χ1n) is 8.13. The molecule has 0 spiro atoms. The third-order valence-corrected chi connectivity index (χ3v) is 3.34. The summed E-state index contributed by atoms with van der Waals surface area (Å²) >= 11 is 0. The lowest BCUT2D eigenvalue weighted by Crippen LogP contribution is -2.38. The van der Waals surface area contributed by atoms with E-state index >= 15 is 0 Å². The van der Waals surface area contributed by atoms with Crippen LogP contribution in [0.15, 0.2) is 23.2 Å². The van der Waals surface area contributed by atoms with Gasteiger partial charge < -0.3 is 15.4 Å². The minimum atomic E-state index is -0.825. The predicted molar refractivity (Wildman–Crippen MR) is 89.9 cm³/mol. The van der Waals surface area contributed by atoms with E-state index in [1.54, 1.807) is 6.07 Å². The summed E-state index contributed by atoms with van der Waals surface area (Å²) in [7, 11) is 0. The van der Waals surface area contributed by atoms with Gasteiger partial charge in [-0.25, -0.2) is 8.78 Å². The molecule has 0 amide bonds. The molecule has 2 N–H and O–H groups in total. The summed E-state index contributed by atoms with van der Waals surface area (Å²) in [6.07, 6.45) is 0.900. The highest BCUT2D eigenvalue weighted by Gasteiger charge is 2.09. The van der Waals surface area contributed by atoms with Crippen LogP contribution in [0.2, 0.25) is 0 Å². The average molecular weight is 327 g/mol. The van der Waals surface area contributed by atoms with E-state index in [-0.39, 0.29) is 5.92 Å². The summed E-state index contributed by atoms with van der Waals surface area (Å²) < 4.78 is 31.5. The van der Waals surface area contributed by atoms with Gasteiger partial charge in [-0.15, -0.1) is 0 Å². The van der Waals surface area contributed by atoms with Gasteiger partial charge in [0.1, 0.15) is 0 Å². The molecule has 1 unspecified atom stereocenters. The SMILES string of the molecule is CCNC(=NCC(C)c1ccc(F)c(F)c1)NCCCOCC. The molecular formula is C17H27F2N3O. The van der Waals surface area contributed by atoms with Crippen LogP contribution in [-0.4, -0.2) is 38.8 Å². The Hall–Kier alpha value is -1.69. The molecular weight excluding hydrogens is 300 g/mol. The molecule has 0 fully saturated rings. The van der Waals surface area contributed by atoms with Crippen molar-refractivity contribution in [1.82, 2.24) is 10.6 Å². The second-order valence-electron chi connectivity index (χ2n) is 5.27. The van der Waals surface area contributed by atoms with E-state index in [1.807, 2.05) is 20.8 Å². The van der Waals surface area contributed by atoms with Crippen molar-refractivity contribution in [3.63, 3.8) is 0 Å². The number of nitrogens with one attached hydrogen (secondary N) is 2. The van der Waals surface area contributed by atoms with Gasteiger partial charge in [0, 0.05) is 38.8 Å². The van der Waals surface area contributed by atoms with Crippen molar-refractivity contribution in [3.05, 3.63) is 35.4 Å². The smallest absolute Gasteiger partial charge is 0.191 e. The molecule has 4 nitrogen and oxygen atoms in total. The van der Waals surface area contributed by atoms with E-state index in [1.165, 1.54) is 6.07 Å². The van der Waals surface area contributed by atoms with Crippen LogP contribution in [0, 0.1) is 11.6 Å². The first-order chi connectivity index (χ1) is 11.1. The van der Waals surface area contributed by atoms with E-state index in [2.05, 4.69) is 15.6 Å². The molecule has 0 aliphatic heterocycles. The zero-order valence-electron chi connectivity index (χ0n) is 14.2. The van der Waals surface area contributed by atoms with Gasteiger partial charge in [0.25, 0.3) is 0 Å². The molecule has 0 radical (unpaired) electrons. The highest BCUT2D eigenvalue weighted by atomic mass is 19.2. The Balaban J connectivity index is 2.52. The molecule has 0 saturated carbocycles. The Labute approximate surface area is 137 Å². The molecule has 23 heavy (non-hydrogen) atoms. The summed E-state index contributed by atoms with van der Waals surface area (Å²) in [5.74, 6) is -0.921. The molecule has 1 aromatic carbocycles. The molecule has 6 heteroatoms. The van der Waals surface area contributed by atoms with E-state index in [0.717, 1.165) is 43.7 Å². The third-order valence-electron chi connectivity index (χ3n) is 3.34. The number of ether oxygens (including phenoxy) is 1. The number of guanidine groups is 1. The van der Waals surface area contributed by atoms with Crippen LogP contribution in [-0.2, 0) is 4.74 Å². The normalized spacial score (nSPS) is 13.0. The molecule has 1 aromatic rings. The Kier molecular flexibility index (Phi) is 9.21. The van der Waals surface area contributed by atoms with E-state index in [0.29, 0.717) is 13.2 Å². The van der Waals surface area contributed by atoms with Gasteiger partial charge in [-0.05, 0) is 38.0 Å². The summed E-state index contributed by atoms with van der Waals surface area (Å²) in [6.45, 7) is 9.37. The monoisotopic (exact) mass is 327 g/mol. The first-order valence-corrected chi connectivity index (χ1v) is 8.13. The maximum Gasteiger partial charge on any atom is 0.191 e. The zero-order valence-corrected chi connectivity index (χ0v) is 14.2. The van der Waals surface area contributed by atoms with Crippen LogP contribution in [0.5, 0.6) is 0 Å². The molecule has 0 aliphatic rings. The Bertz CT molecular complexity index is 495. The van der Waals surface area contributed by atoms with Gasteiger partial charge in [0.05, 0.1) is 0 Å². The largest absolute Gasteiger partial charge is 0.382 e. The second-order valence-corrected chi connectivity index (χ2v) is 5.27. The van der Waals surface area contributed by atoms with Crippen molar-refractivity contribution in [2.24, 2.45) is 4.99 Å². The van der Waals surface area contributed by atoms with Crippen LogP contribution in [0.4, 0.5) is 8.78 Å². The Morgan fingerprint density at radius 1 is 1.22 bits per heavy atom. The molecule has 0 aliphatic carbocycles. The number of rotatable bonds is 9. The summed E-state index contributed by atoms with van der Waals surface area (Å²) in [5, 5.41) is 6.40. The minimum Gasteiger partial charge on any atom is -0.382 e. The Morgan fingerprint density at radius 2 is 2.00 bits per heavy atom. The number of halogens is 2. The standard InChI is InChI=1S/C17H27F2N3O/c1-4-20-17(21-9-6-10-23-5-2)22-12-13(3)14-7-8-15(18)16(19)11-14/h7-8,11,13H,4-6,9-10,12H2,1-3H3,(H2,20,21,22). The zero-order chi connectivity index (χ0) is 17.1. The van der Waals surface area contributed by atoms with Crippen molar-refractivity contribution in [2.45, 2.75) is 33.1 Å². The number of benzene rings is 1.